The van der Waals surface area contributed by atoms with Crippen LogP contribution in [0.3, 0.4) is 0 Å². The Morgan fingerprint density at radius 2 is 1.79 bits per heavy atom. The largest absolute Gasteiger partial charge is 0.258 e. The molecule has 0 aliphatic heterocycles. The van der Waals surface area contributed by atoms with E-state index in [0.717, 1.165) is 11.6 Å². The molecule has 1 aromatic heterocycles. The van der Waals surface area contributed by atoms with Gasteiger partial charge in [0.25, 0.3) is 0 Å². The quantitative estimate of drug-likeness (QED) is 0.657. The second-order valence-electron chi connectivity index (χ2n) is 4.56. The first-order valence-corrected chi connectivity index (χ1v) is 5.63. The van der Waals surface area contributed by atoms with Crippen LogP contribution in [0.15, 0.2) is 6.07 Å². The van der Waals surface area contributed by atoms with Gasteiger partial charge in [-0.2, -0.15) is 0 Å². The lowest BCUT2D eigenvalue weighted by molar-refractivity contribution is 0.704. The average molecular weight is 189 g/mol. The topological polar surface area (TPSA) is 12.9 Å². The first kappa shape index (κ1) is 9.70. The van der Waals surface area contributed by atoms with Gasteiger partial charge in [0.1, 0.15) is 0 Å². The highest BCUT2D eigenvalue weighted by molar-refractivity contribution is 5.34. The van der Waals surface area contributed by atoms with Crippen molar-refractivity contribution in [2.45, 2.75) is 52.4 Å². The molecule has 0 N–H and O–H groups in total. The molecule has 0 aromatic carbocycles. The highest BCUT2D eigenvalue weighted by Crippen LogP contribution is 2.36. The van der Waals surface area contributed by atoms with E-state index >= 15 is 0 Å². The van der Waals surface area contributed by atoms with Crippen molar-refractivity contribution in [2.75, 3.05) is 0 Å². The third-order valence-electron chi connectivity index (χ3n) is 3.35. The zero-order valence-electron chi connectivity index (χ0n) is 9.43. The number of hydrogen-bond acceptors (Lipinski definition) is 1. The molecule has 1 aliphatic carbocycles. The van der Waals surface area contributed by atoms with E-state index in [1.165, 1.54) is 42.5 Å². The summed E-state index contributed by atoms with van der Waals surface area (Å²) in [4.78, 5) is 4.58. The molecule has 0 amide bonds. The Morgan fingerprint density at radius 1 is 1.14 bits per heavy atom. The Labute approximate surface area is 86.6 Å². The van der Waals surface area contributed by atoms with Crippen LogP contribution in [0.2, 0.25) is 0 Å². The summed E-state index contributed by atoms with van der Waals surface area (Å²) in [5.74, 6) is 0.795. The number of aryl methyl sites for hydroxylation is 3. The molecule has 1 fully saturated rings. The molecule has 0 saturated heterocycles. The third-order valence-corrected chi connectivity index (χ3v) is 3.35. The molecule has 0 radical (unpaired) electrons. The first-order valence-electron chi connectivity index (χ1n) is 5.63. The Kier molecular flexibility index (Phi) is 2.58. The molecule has 0 bridgehead atoms. The van der Waals surface area contributed by atoms with E-state index in [4.69, 9.17) is 0 Å². The van der Waals surface area contributed by atoms with E-state index in [9.17, 15) is 0 Å². The van der Waals surface area contributed by atoms with E-state index in [1.807, 2.05) is 0 Å². The maximum atomic E-state index is 4.58. The SMILES string of the molecule is Cc1cc(C)c(C2CCCC2)c(C)n1. The van der Waals surface area contributed by atoms with Gasteiger partial charge in [-0.1, -0.05) is 12.8 Å². The Hall–Kier alpha value is -0.850. The van der Waals surface area contributed by atoms with Gasteiger partial charge in [-0.25, -0.2) is 0 Å². The fraction of sp³-hybridized carbons (Fsp3) is 0.615. The van der Waals surface area contributed by atoms with E-state index < -0.39 is 0 Å². The van der Waals surface area contributed by atoms with Crippen molar-refractivity contribution in [1.82, 2.24) is 4.98 Å². The van der Waals surface area contributed by atoms with Gasteiger partial charge in [-0.3, -0.25) is 4.98 Å². The van der Waals surface area contributed by atoms with Crippen LogP contribution in [0, 0.1) is 20.8 Å². The fourth-order valence-corrected chi connectivity index (χ4v) is 2.87. The van der Waals surface area contributed by atoms with Crippen LogP contribution in [0.1, 0.15) is 54.1 Å². The van der Waals surface area contributed by atoms with Crippen LogP contribution in [0.25, 0.3) is 0 Å². The minimum atomic E-state index is 0.795. The zero-order chi connectivity index (χ0) is 10.1. The predicted octanol–water partition coefficient (Wildman–Crippen LogP) is 3.66. The number of aromatic nitrogens is 1. The van der Waals surface area contributed by atoms with Crippen LogP contribution < -0.4 is 0 Å². The number of hydrogen-bond donors (Lipinski definition) is 0. The van der Waals surface area contributed by atoms with Gasteiger partial charge >= 0.3 is 0 Å². The number of nitrogens with zero attached hydrogens (tertiary/aromatic N) is 1. The van der Waals surface area contributed by atoms with Gasteiger partial charge in [0.05, 0.1) is 0 Å². The third kappa shape index (κ3) is 1.68. The predicted molar refractivity (Wildman–Crippen MR) is 59.7 cm³/mol. The zero-order valence-corrected chi connectivity index (χ0v) is 9.43. The van der Waals surface area contributed by atoms with Crippen molar-refractivity contribution >= 4 is 0 Å². The summed E-state index contributed by atoms with van der Waals surface area (Å²) in [5, 5.41) is 0. The molecule has 0 spiro atoms. The van der Waals surface area contributed by atoms with Gasteiger partial charge in [0.15, 0.2) is 0 Å². The Balaban J connectivity index is 2.40. The highest BCUT2D eigenvalue weighted by atomic mass is 14.7. The van der Waals surface area contributed by atoms with Crippen molar-refractivity contribution in [3.63, 3.8) is 0 Å². The molecule has 1 aliphatic rings. The van der Waals surface area contributed by atoms with Gasteiger partial charge in [0, 0.05) is 11.4 Å². The first-order chi connectivity index (χ1) is 6.68. The second-order valence-corrected chi connectivity index (χ2v) is 4.56. The van der Waals surface area contributed by atoms with Crippen LogP contribution in [0.4, 0.5) is 0 Å². The summed E-state index contributed by atoms with van der Waals surface area (Å²) in [6.07, 6.45) is 5.54. The van der Waals surface area contributed by atoms with Crippen molar-refractivity contribution in [3.05, 3.63) is 28.6 Å². The summed E-state index contributed by atoms with van der Waals surface area (Å²) in [5.41, 5.74) is 5.39. The van der Waals surface area contributed by atoms with Crippen LogP contribution in [-0.4, -0.2) is 4.98 Å². The molecule has 1 aromatic rings. The maximum Gasteiger partial charge on any atom is 0.0413 e. The lowest BCUT2D eigenvalue weighted by atomic mass is 9.92. The molecule has 0 atom stereocenters. The summed E-state index contributed by atoms with van der Waals surface area (Å²) in [6.45, 7) is 6.47. The van der Waals surface area contributed by atoms with E-state index in [2.05, 4.69) is 31.8 Å². The summed E-state index contributed by atoms with van der Waals surface area (Å²) in [7, 11) is 0. The minimum absolute atomic E-state index is 0.795. The van der Waals surface area contributed by atoms with E-state index in [0.29, 0.717) is 0 Å². The molecule has 1 nitrogen and oxygen atoms in total. The van der Waals surface area contributed by atoms with Gasteiger partial charge in [0.2, 0.25) is 0 Å². The fourth-order valence-electron chi connectivity index (χ4n) is 2.87. The summed E-state index contributed by atoms with van der Waals surface area (Å²) in [6, 6.07) is 2.22. The van der Waals surface area contributed by atoms with E-state index in [1.54, 1.807) is 0 Å². The summed E-state index contributed by atoms with van der Waals surface area (Å²) < 4.78 is 0. The smallest absolute Gasteiger partial charge is 0.0413 e. The molecule has 76 valence electrons. The molecule has 0 unspecified atom stereocenters. The molecule has 1 heterocycles. The van der Waals surface area contributed by atoms with Crippen LogP contribution in [-0.2, 0) is 0 Å². The monoisotopic (exact) mass is 189 g/mol. The van der Waals surface area contributed by atoms with Crippen molar-refractivity contribution in [2.24, 2.45) is 0 Å². The molecular weight excluding hydrogens is 170 g/mol. The van der Waals surface area contributed by atoms with Gasteiger partial charge < -0.3 is 0 Å². The maximum absolute atomic E-state index is 4.58. The van der Waals surface area contributed by atoms with Crippen molar-refractivity contribution in [3.8, 4) is 0 Å². The lowest BCUT2D eigenvalue weighted by Crippen LogP contribution is -2.02. The molecular formula is C13H19N. The van der Waals surface area contributed by atoms with Gasteiger partial charge in [-0.05, 0) is 56.7 Å². The Bertz CT molecular complexity index is 312. The standard InChI is InChI=1S/C13H19N/c1-9-8-10(2)14-11(3)13(9)12-6-4-5-7-12/h8,12H,4-7H2,1-3H3. The average Bonchev–Trinajstić information content (AvgIpc) is 2.54. The van der Waals surface area contributed by atoms with E-state index in [-0.39, 0.29) is 0 Å². The molecule has 1 heteroatoms. The molecule has 2 rings (SSSR count). The minimum Gasteiger partial charge on any atom is -0.258 e. The van der Waals surface area contributed by atoms with Crippen LogP contribution >= 0.6 is 0 Å². The number of pyridine rings is 1. The Morgan fingerprint density at radius 3 is 2.36 bits per heavy atom. The number of rotatable bonds is 1. The second kappa shape index (κ2) is 3.72. The lowest BCUT2D eigenvalue weighted by Gasteiger charge is -2.16. The molecule has 14 heavy (non-hydrogen) atoms. The highest BCUT2D eigenvalue weighted by Gasteiger charge is 2.21. The molecule has 1 saturated carbocycles. The summed E-state index contributed by atoms with van der Waals surface area (Å²) >= 11 is 0. The van der Waals surface area contributed by atoms with Crippen molar-refractivity contribution < 1.29 is 0 Å². The van der Waals surface area contributed by atoms with Crippen LogP contribution in [0.5, 0.6) is 0 Å². The van der Waals surface area contributed by atoms with Crippen molar-refractivity contribution in [1.29, 1.82) is 0 Å². The van der Waals surface area contributed by atoms with Gasteiger partial charge in [-0.15, -0.1) is 0 Å². The normalized spacial score (nSPS) is 17.6.